The number of pyridine rings is 1. The third-order valence-electron chi connectivity index (χ3n) is 5.78. The number of anilines is 1. The molecule has 3 aromatic rings. The molecule has 12 heteroatoms. The van der Waals surface area contributed by atoms with E-state index in [-0.39, 0.29) is 24.4 Å². The molecule has 2 unspecified atom stereocenters. The lowest BCUT2D eigenvalue weighted by Crippen LogP contribution is -2.58. The molecule has 182 valence electrons. The van der Waals surface area contributed by atoms with E-state index >= 15 is 0 Å². The molecule has 1 aromatic carbocycles. The molecule has 1 aliphatic rings. The average Bonchev–Trinajstić information content (AvgIpc) is 3.14. The van der Waals surface area contributed by atoms with Crippen LogP contribution in [0.1, 0.15) is 25.0 Å². The van der Waals surface area contributed by atoms with Crippen LogP contribution in [0, 0.1) is 0 Å². The Hall–Kier alpha value is -2.70. The Bertz CT molecular complexity index is 1310. The quantitative estimate of drug-likeness (QED) is 0.549. The zero-order valence-electron chi connectivity index (χ0n) is 18.3. The molecule has 0 radical (unpaired) electrons. The van der Waals surface area contributed by atoms with Gasteiger partial charge in [-0.05, 0) is 60.5 Å². The van der Waals surface area contributed by atoms with Gasteiger partial charge in [-0.25, -0.2) is 13.4 Å². The van der Waals surface area contributed by atoms with Crippen LogP contribution in [0.2, 0.25) is 0 Å². The summed E-state index contributed by atoms with van der Waals surface area (Å²) in [4.78, 5) is 16.9. The Morgan fingerprint density at radius 1 is 1.18 bits per heavy atom. The van der Waals surface area contributed by atoms with Crippen LogP contribution in [0.3, 0.4) is 0 Å². The number of hydrogen-bond acceptors (Lipinski definition) is 6. The molecular weight excluding hydrogens is 491 g/mol. The van der Waals surface area contributed by atoms with E-state index in [0.29, 0.717) is 16.8 Å². The van der Waals surface area contributed by atoms with E-state index in [0.717, 1.165) is 17.0 Å². The van der Waals surface area contributed by atoms with Gasteiger partial charge in [-0.2, -0.15) is 17.5 Å². The lowest BCUT2D eigenvalue weighted by Gasteiger charge is -2.43. The van der Waals surface area contributed by atoms with Crippen molar-refractivity contribution in [2.45, 2.75) is 43.4 Å². The first-order chi connectivity index (χ1) is 15.9. The highest BCUT2D eigenvalue weighted by Crippen LogP contribution is 2.33. The van der Waals surface area contributed by atoms with Gasteiger partial charge in [0.25, 0.3) is 0 Å². The number of alkyl halides is 3. The van der Waals surface area contributed by atoms with Crippen molar-refractivity contribution in [2.24, 2.45) is 0 Å². The zero-order chi connectivity index (χ0) is 24.8. The number of thiophene rings is 1. The average molecular weight is 514 g/mol. The number of nitrogens with zero attached hydrogens (tertiary/aromatic N) is 3. The highest BCUT2D eigenvalue weighted by atomic mass is 32.2. The maximum Gasteiger partial charge on any atom is 0.417 e. The molecular formula is C22H22F3N3O4S2. The summed E-state index contributed by atoms with van der Waals surface area (Å²) in [5, 5.41) is 11.5. The number of aliphatic carboxylic acids is 1. The van der Waals surface area contributed by atoms with Crippen LogP contribution in [0.4, 0.5) is 19.0 Å². The minimum Gasteiger partial charge on any atom is -0.481 e. The van der Waals surface area contributed by atoms with E-state index in [1.807, 2.05) is 0 Å². The van der Waals surface area contributed by atoms with E-state index in [4.69, 9.17) is 5.11 Å². The fourth-order valence-corrected chi connectivity index (χ4v) is 7.13. The zero-order valence-corrected chi connectivity index (χ0v) is 19.9. The number of fused-ring (bicyclic) bond motifs is 1. The second kappa shape index (κ2) is 8.82. The molecule has 0 aliphatic carbocycles. The lowest BCUT2D eigenvalue weighted by molar-refractivity contribution is -0.138. The molecule has 34 heavy (non-hydrogen) atoms. The first-order valence-corrected chi connectivity index (χ1v) is 12.7. The smallest absolute Gasteiger partial charge is 0.417 e. The van der Waals surface area contributed by atoms with E-state index < -0.39 is 39.8 Å². The van der Waals surface area contributed by atoms with Crippen molar-refractivity contribution in [1.82, 2.24) is 9.29 Å². The van der Waals surface area contributed by atoms with Gasteiger partial charge in [0.15, 0.2) is 0 Å². The Kier molecular flexibility index (Phi) is 6.34. The van der Waals surface area contributed by atoms with Gasteiger partial charge in [0.1, 0.15) is 5.82 Å². The molecule has 1 saturated heterocycles. The molecule has 0 amide bonds. The highest BCUT2D eigenvalue weighted by molar-refractivity contribution is 7.89. The van der Waals surface area contributed by atoms with Gasteiger partial charge in [-0.3, -0.25) is 4.79 Å². The topological polar surface area (TPSA) is 90.8 Å². The second-order valence-corrected chi connectivity index (χ2v) is 11.1. The summed E-state index contributed by atoms with van der Waals surface area (Å²) in [5.41, 5.74) is -0.284. The van der Waals surface area contributed by atoms with Crippen LogP contribution in [-0.4, -0.2) is 54.0 Å². The maximum absolute atomic E-state index is 13.6. The van der Waals surface area contributed by atoms with Crippen LogP contribution in [-0.2, 0) is 27.4 Å². The largest absolute Gasteiger partial charge is 0.481 e. The molecule has 3 heterocycles. The molecule has 0 saturated carbocycles. The molecule has 2 aromatic heterocycles. The summed E-state index contributed by atoms with van der Waals surface area (Å²) < 4.78 is 67.8. The van der Waals surface area contributed by atoms with Crippen molar-refractivity contribution in [3.05, 3.63) is 53.0 Å². The third-order valence-corrected chi connectivity index (χ3v) is 8.92. The summed E-state index contributed by atoms with van der Waals surface area (Å²) in [7, 11) is -3.91. The maximum atomic E-state index is 13.6. The number of aromatic nitrogens is 1. The van der Waals surface area contributed by atoms with Crippen LogP contribution in [0.15, 0.2) is 46.8 Å². The number of rotatable bonds is 5. The molecule has 2 atom stereocenters. The van der Waals surface area contributed by atoms with Gasteiger partial charge in [-0.15, -0.1) is 11.3 Å². The predicted octanol–water partition coefficient (Wildman–Crippen LogP) is 4.23. The van der Waals surface area contributed by atoms with E-state index in [1.54, 1.807) is 30.2 Å². The first kappa shape index (κ1) is 24.4. The highest BCUT2D eigenvalue weighted by Gasteiger charge is 2.39. The van der Waals surface area contributed by atoms with E-state index in [2.05, 4.69) is 4.98 Å². The van der Waals surface area contributed by atoms with Crippen LogP contribution >= 0.6 is 11.3 Å². The van der Waals surface area contributed by atoms with Crippen molar-refractivity contribution >= 4 is 43.2 Å². The van der Waals surface area contributed by atoms with Gasteiger partial charge in [0, 0.05) is 36.1 Å². The number of carbonyl (C=O) groups is 1. The molecule has 4 rings (SSSR count). The molecule has 7 nitrogen and oxygen atoms in total. The Morgan fingerprint density at radius 2 is 1.85 bits per heavy atom. The van der Waals surface area contributed by atoms with E-state index in [9.17, 15) is 26.4 Å². The number of piperazine rings is 1. The molecule has 1 N–H and O–H groups in total. The second-order valence-electron chi connectivity index (χ2n) is 8.33. The van der Waals surface area contributed by atoms with Gasteiger partial charge >= 0.3 is 12.1 Å². The Morgan fingerprint density at radius 3 is 2.41 bits per heavy atom. The number of carboxylic acid groups (broad SMARTS) is 1. The number of sulfonamides is 1. The molecule has 1 aliphatic heterocycles. The van der Waals surface area contributed by atoms with Crippen molar-refractivity contribution in [2.75, 3.05) is 18.0 Å². The van der Waals surface area contributed by atoms with Gasteiger partial charge < -0.3 is 10.0 Å². The van der Waals surface area contributed by atoms with Gasteiger partial charge in [0.2, 0.25) is 10.0 Å². The van der Waals surface area contributed by atoms with Gasteiger partial charge in [0.05, 0.1) is 16.9 Å². The lowest BCUT2D eigenvalue weighted by atomic mass is 10.1. The predicted molar refractivity (Wildman–Crippen MR) is 123 cm³/mol. The molecule has 1 fully saturated rings. The van der Waals surface area contributed by atoms with Crippen molar-refractivity contribution in [1.29, 1.82) is 0 Å². The normalized spacial score (nSPS) is 20.1. The fourth-order valence-electron chi connectivity index (χ4n) is 4.35. The van der Waals surface area contributed by atoms with Crippen molar-refractivity contribution in [3.8, 4) is 0 Å². The third kappa shape index (κ3) is 4.62. The summed E-state index contributed by atoms with van der Waals surface area (Å²) in [6, 6.07) is 6.01. The summed E-state index contributed by atoms with van der Waals surface area (Å²) in [6.45, 7) is 3.99. The molecule has 0 bridgehead atoms. The van der Waals surface area contributed by atoms with Gasteiger partial charge in [-0.1, -0.05) is 0 Å². The number of carboxylic acids is 1. The summed E-state index contributed by atoms with van der Waals surface area (Å²) in [5.74, 6) is -0.648. The van der Waals surface area contributed by atoms with Crippen molar-refractivity contribution < 1.29 is 31.5 Å². The van der Waals surface area contributed by atoms with E-state index in [1.165, 1.54) is 33.8 Å². The fraction of sp³-hybridized carbons (Fsp3) is 0.364. The number of hydrogen-bond donors (Lipinski definition) is 1. The summed E-state index contributed by atoms with van der Waals surface area (Å²) in [6.07, 6.45) is -3.90. The number of halogens is 3. The Labute approximate surface area is 198 Å². The Balaban J connectivity index is 1.59. The monoisotopic (exact) mass is 513 g/mol. The summed E-state index contributed by atoms with van der Waals surface area (Å²) >= 11 is 1.36. The standard InChI is InChI=1S/C22H22F3N3O4S2/c1-13-10-27(20-6-3-16(9-26-20)22(23,24)25)11-14(2)28(13)34(31,32)17-4-5-19-18(8-17)15(12-33-19)7-21(29)30/h3-6,8-9,12-14H,7,10-11H2,1-2H3,(H,29,30). The first-order valence-electron chi connectivity index (χ1n) is 10.4. The SMILES string of the molecule is CC1CN(c2ccc(C(F)(F)F)cn2)CC(C)N1S(=O)(=O)c1ccc2scc(CC(=O)O)c2c1. The van der Waals surface area contributed by atoms with Crippen molar-refractivity contribution in [3.63, 3.8) is 0 Å². The van der Waals surface area contributed by atoms with Crippen LogP contribution in [0.25, 0.3) is 10.1 Å². The minimum absolute atomic E-state index is 0.0739. The van der Waals surface area contributed by atoms with Crippen LogP contribution < -0.4 is 4.90 Å². The minimum atomic E-state index is -4.48. The van der Waals surface area contributed by atoms with Crippen LogP contribution in [0.5, 0.6) is 0 Å². The molecule has 0 spiro atoms. The number of benzene rings is 1.